The summed E-state index contributed by atoms with van der Waals surface area (Å²) in [6, 6.07) is 11.2. The third kappa shape index (κ3) is 12.8. The summed E-state index contributed by atoms with van der Waals surface area (Å²) in [5.41, 5.74) is 4.73. The third-order valence-electron chi connectivity index (χ3n) is 14.4. The molecule has 2 atom stereocenters. The first-order valence-electron chi connectivity index (χ1n) is 26.2. The summed E-state index contributed by atoms with van der Waals surface area (Å²) < 4.78 is 2.09. The van der Waals surface area contributed by atoms with Crippen LogP contribution in [0.1, 0.15) is 131 Å². The van der Waals surface area contributed by atoms with Crippen molar-refractivity contribution in [2.24, 2.45) is 11.8 Å². The number of fused-ring (bicyclic) bond motifs is 2. The van der Waals surface area contributed by atoms with Gasteiger partial charge >= 0.3 is 0 Å². The molecule has 7 heterocycles. The molecule has 18 nitrogen and oxygen atoms in total. The van der Waals surface area contributed by atoms with Crippen LogP contribution in [0.2, 0.25) is 0 Å². The number of hydrogen-bond acceptors (Lipinski definition) is 13. The average molecular weight is 989 g/mol. The normalized spacial score (nSPS) is 19.2. The molecule has 5 amide bonds. The minimum Gasteiger partial charge on any atom is -0.372 e. The number of benzene rings is 1. The monoisotopic (exact) mass is 989 g/mol. The number of ketones is 1. The van der Waals surface area contributed by atoms with Gasteiger partial charge in [-0.25, -0.2) is 9.97 Å². The number of carbonyl (C=O) groups excluding carboxylic acids is 6. The molecule has 72 heavy (non-hydrogen) atoms. The van der Waals surface area contributed by atoms with E-state index < -0.39 is 11.9 Å². The number of rotatable bonds is 15. The van der Waals surface area contributed by atoms with Crippen LogP contribution in [0.4, 0.5) is 23.1 Å². The Bertz CT molecular complexity index is 2570. The van der Waals surface area contributed by atoms with Crippen molar-refractivity contribution >= 4 is 69.5 Å². The molecule has 2 N–H and O–H groups in total. The van der Waals surface area contributed by atoms with Crippen LogP contribution >= 0.6 is 0 Å². The van der Waals surface area contributed by atoms with Crippen molar-refractivity contribution in [3.8, 4) is 0 Å². The number of nitrogens with one attached hydrogen (secondary N) is 2. The number of piperidine rings is 2. The Kier molecular flexibility index (Phi) is 18.2. The molecule has 1 aromatic carbocycles. The first kappa shape index (κ1) is 53.5. The quantitative estimate of drug-likeness (QED) is 0.120. The summed E-state index contributed by atoms with van der Waals surface area (Å²) in [5.74, 6) is 1.54. The summed E-state index contributed by atoms with van der Waals surface area (Å²) >= 11 is 0. The van der Waals surface area contributed by atoms with Gasteiger partial charge in [-0.05, 0) is 106 Å². The van der Waals surface area contributed by atoms with E-state index in [1.165, 1.54) is 12.8 Å². The van der Waals surface area contributed by atoms with Crippen LogP contribution in [0, 0.1) is 11.8 Å². The van der Waals surface area contributed by atoms with Gasteiger partial charge < -0.3 is 29.5 Å². The number of piperazine rings is 1. The predicted molar refractivity (Wildman–Crippen MR) is 280 cm³/mol. The molecule has 1 saturated carbocycles. The van der Waals surface area contributed by atoms with Gasteiger partial charge in [-0.3, -0.25) is 43.9 Å². The van der Waals surface area contributed by atoms with Gasteiger partial charge in [-0.2, -0.15) is 4.98 Å². The van der Waals surface area contributed by atoms with Gasteiger partial charge in [0.1, 0.15) is 29.0 Å². The molecule has 9 rings (SSSR count). The van der Waals surface area contributed by atoms with Crippen LogP contribution in [0.15, 0.2) is 48.8 Å². The van der Waals surface area contributed by atoms with Gasteiger partial charge in [0.15, 0.2) is 0 Å². The van der Waals surface area contributed by atoms with Gasteiger partial charge in [0.2, 0.25) is 23.7 Å². The molecule has 388 valence electrons. The Balaban J connectivity index is 0.000000479. The molecule has 4 aromatic rings. The number of amides is 5. The van der Waals surface area contributed by atoms with Crippen molar-refractivity contribution in [3.05, 3.63) is 65.6 Å². The Morgan fingerprint density at radius 1 is 0.875 bits per heavy atom. The zero-order chi connectivity index (χ0) is 51.6. The lowest BCUT2D eigenvalue weighted by molar-refractivity contribution is -0.137. The molecule has 0 bridgehead atoms. The van der Waals surface area contributed by atoms with E-state index in [1.54, 1.807) is 48.1 Å². The van der Waals surface area contributed by atoms with Crippen molar-refractivity contribution in [3.63, 3.8) is 0 Å². The Hall–Kier alpha value is -6.27. The lowest BCUT2D eigenvalue weighted by atomic mass is 9.95. The second-order valence-corrected chi connectivity index (χ2v) is 20.3. The number of likely N-dealkylation sites (N-methyl/N-ethyl adjacent to an activating group) is 1. The molecule has 1 aliphatic carbocycles. The lowest BCUT2D eigenvalue weighted by Crippen LogP contribution is -2.52. The second kappa shape index (κ2) is 24.4. The van der Waals surface area contributed by atoms with Gasteiger partial charge in [-0.15, -0.1) is 0 Å². The van der Waals surface area contributed by atoms with Crippen LogP contribution in [0.3, 0.4) is 0 Å². The van der Waals surface area contributed by atoms with Gasteiger partial charge in [0, 0.05) is 95.2 Å². The van der Waals surface area contributed by atoms with Gasteiger partial charge in [-0.1, -0.05) is 47.0 Å². The number of hydrogen-bond donors (Lipinski definition) is 2. The van der Waals surface area contributed by atoms with E-state index in [4.69, 9.17) is 4.98 Å². The average Bonchev–Trinajstić information content (AvgIpc) is 4.10. The molecular formula is C54H76N12O6. The Morgan fingerprint density at radius 2 is 1.61 bits per heavy atom. The van der Waals surface area contributed by atoms with Crippen molar-refractivity contribution in [1.82, 2.24) is 44.4 Å². The van der Waals surface area contributed by atoms with Crippen LogP contribution in [-0.4, -0.2) is 154 Å². The Labute approximate surface area is 424 Å². The largest absolute Gasteiger partial charge is 0.372 e. The first-order valence-corrected chi connectivity index (χ1v) is 26.2. The molecule has 5 aliphatic rings. The van der Waals surface area contributed by atoms with Crippen molar-refractivity contribution in [1.29, 1.82) is 0 Å². The van der Waals surface area contributed by atoms with Crippen LogP contribution in [0.5, 0.6) is 0 Å². The minimum atomic E-state index is -0.619. The second-order valence-electron chi connectivity index (χ2n) is 20.3. The topological polar surface area (TPSA) is 190 Å². The number of aromatic nitrogens is 4. The smallest absolute Gasteiger partial charge is 0.270 e. The van der Waals surface area contributed by atoms with E-state index in [0.29, 0.717) is 67.5 Å². The maximum Gasteiger partial charge on any atom is 0.270 e. The van der Waals surface area contributed by atoms with Crippen molar-refractivity contribution in [2.45, 2.75) is 117 Å². The number of imide groups is 1. The number of Topliss-reactive ketones (excluding diaryl/α,β-unsaturated/α-hetero) is 1. The summed E-state index contributed by atoms with van der Waals surface area (Å²) in [4.78, 5) is 100. The number of pyridine rings is 1. The molecule has 18 heteroatoms. The van der Waals surface area contributed by atoms with Gasteiger partial charge in [0.25, 0.3) is 11.8 Å². The van der Waals surface area contributed by atoms with E-state index in [1.807, 2.05) is 51.2 Å². The molecule has 4 aliphatic heterocycles. The molecular weight excluding hydrogens is 913 g/mol. The molecule has 3 aromatic heterocycles. The highest BCUT2D eigenvalue weighted by atomic mass is 16.2. The summed E-state index contributed by atoms with van der Waals surface area (Å²) in [5, 5.41) is 6.41. The van der Waals surface area contributed by atoms with Crippen LogP contribution in [-0.2, 0) is 25.7 Å². The highest BCUT2D eigenvalue weighted by Gasteiger charge is 2.39. The highest BCUT2D eigenvalue weighted by Crippen LogP contribution is 2.36. The van der Waals surface area contributed by atoms with Crippen molar-refractivity contribution < 1.29 is 28.8 Å². The first-order chi connectivity index (χ1) is 34.6. The fourth-order valence-electron chi connectivity index (χ4n) is 10.9. The maximum atomic E-state index is 13.4. The number of carbonyl (C=O) groups is 6. The summed E-state index contributed by atoms with van der Waals surface area (Å²) in [6.45, 7) is 16.4. The van der Waals surface area contributed by atoms with E-state index in [9.17, 15) is 28.8 Å². The standard InChI is InChI=1S/C42H49N11O5.C10H21NO.C2H6/c1-48(2)41(58)34-20-27-21-44-42(47-38(27)53(34)29-5-3-4-6-29)45-35-11-8-31(22-43-35)51-18-17-49(25-37(51)55)23-26-13-15-50(16-14-26)30-7-9-32-28(19-30)24-52(40(32)57)33-10-12-36(54)46-39(33)56;1-5-6-9(2)7-11(4)8-10(3)12;1-2/h7-9,11,19-22,26,29,33H,3-6,10,12-18,23-25H2,1-2H3,(H,46,54,56)(H,43,44,45,47);9H,5-8H2,1-4H3;1-2H3. The van der Waals surface area contributed by atoms with Gasteiger partial charge in [0.05, 0.1) is 25.0 Å². The molecule has 0 spiro atoms. The zero-order valence-corrected chi connectivity index (χ0v) is 43.8. The fraction of sp³-hybridized carbons (Fsp3) is 0.574. The molecule has 0 radical (unpaired) electrons. The van der Waals surface area contributed by atoms with E-state index in [-0.39, 0.29) is 41.9 Å². The number of anilines is 4. The fourth-order valence-corrected chi connectivity index (χ4v) is 10.9. The molecule has 3 saturated heterocycles. The molecule has 4 fully saturated rings. The maximum absolute atomic E-state index is 13.4. The molecule has 2 unspecified atom stereocenters. The van der Waals surface area contributed by atoms with E-state index in [0.717, 1.165) is 99.2 Å². The predicted octanol–water partition coefficient (Wildman–Crippen LogP) is 6.68. The highest BCUT2D eigenvalue weighted by molar-refractivity contribution is 6.05. The van der Waals surface area contributed by atoms with E-state index >= 15 is 0 Å². The SMILES string of the molecule is CC.CCCC(C)CN(C)CC(C)=O.CN(C)C(=O)c1cc2cnc(Nc3ccc(N4CCN(CC5CCN(c6ccc7c(c6)CN(C6CCC(=O)NC6=O)C7=O)CC5)CC4=O)cn3)nc2n1C1CCCC1. The van der Waals surface area contributed by atoms with E-state index in [2.05, 4.69) is 59.8 Å². The summed E-state index contributed by atoms with van der Waals surface area (Å²) in [7, 11) is 5.53. The number of nitrogens with zero attached hydrogens (tertiary/aromatic N) is 10. The van der Waals surface area contributed by atoms with Crippen LogP contribution < -0.4 is 20.4 Å². The zero-order valence-electron chi connectivity index (χ0n) is 43.8. The third-order valence-corrected chi connectivity index (χ3v) is 14.4. The van der Waals surface area contributed by atoms with Crippen molar-refractivity contribution in [2.75, 3.05) is 88.6 Å². The lowest BCUT2D eigenvalue weighted by Gasteiger charge is -2.39. The Morgan fingerprint density at radius 3 is 2.26 bits per heavy atom. The summed E-state index contributed by atoms with van der Waals surface area (Å²) in [6.07, 6.45) is 12.8. The minimum absolute atomic E-state index is 0.0507. The van der Waals surface area contributed by atoms with Crippen LogP contribution in [0.25, 0.3) is 11.0 Å².